The summed E-state index contributed by atoms with van der Waals surface area (Å²) in [6.07, 6.45) is 0.773. The molecular formula is C15H12F3IN8O. The van der Waals surface area contributed by atoms with Crippen molar-refractivity contribution in [2.45, 2.75) is 19.1 Å². The molecule has 0 aromatic carbocycles. The normalized spacial score (nSPS) is 12.5. The number of halogens is 4. The Morgan fingerprint density at radius 1 is 1.21 bits per heavy atom. The van der Waals surface area contributed by atoms with Crippen LogP contribution in [0.15, 0.2) is 37.1 Å². The SMILES string of the molecule is C[C@H](NC(=O)Nc1cnc(C(F)(F)F)cc1I)c1ncnn1-c1ncccn1. The second-order valence-electron chi connectivity index (χ2n) is 5.45. The summed E-state index contributed by atoms with van der Waals surface area (Å²) in [4.78, 5) is 27.8. The van der Waals surface area contributed by atoms with Crippen molar-refractivity contribution in [2.24, 2.45) is 0 Å². The summed E-state index contributed by atoms with van der Waals surface area (Å²) in [6.45, 7) is 1.67. The predicted molar refractivity (Wildman–Crippen MR) is 99.5 cm³/mol. The monoisotopic (exact) mass is 504 g/mol. The first kappa shape index (κ1) is 19.9. The third kappa shape index (κ3) is 4.52. The first-order valence-electron chi connectivity index (χ1n) is 7.73. The molecule has 2 amide bonds. The molecule has 2 N–H and O–H groups in total. The quantitative estimate of drug-likeness (QED) is 0.529. The average Bonchev–Trinajstić information content (AvgIpc) is 3.13. The number of nitrogens with one attached hydrogen (secondary N) is 2. The van der Waals surface area contributed by atoms with Gasteiger partial charge < -0.3 is 10.6 Å². The molecule has 13 heteroatoms. The molecule has 0 bridgehead atoms. The minimum Gasteiger partial charge on any atom is -0.328 e. The Morgan fingerprint density at radius 3 is 2.57 bits per heavy atom. The minimum absolute atomic E-state index is 0.145. The Kier molecular flexibility index (Phi) is 5.71. The Balaban J connectivity index is 1.70. The molecule has 0 aliphatic rings. The number of anilines is 1. The maximum Gasteiger partial charge on any atom is 0.433 e. The molecule has 0 saturated heterocycles. The van der Waals surface area contributed by atoms with Crippen LogP contribution < -0.4 is 10.6 Å². The number of carbonyl (C=O) groups is 1. The van der Waals surface area contributed by atoms with Crippen LogP contribution in [0.2, 0.25) is 0 Å². The lowest BCUT2D eigenvalue weighted by molar-refractivity contribution is -0.141. The average molecular weight is 504 g/mol. The molecule has 3 aromatic heterocycles. The molecule has 3 aromatic rings. The topological polar surface area (TPSA) is 111 Å². The van der Waals surface area contributed by atoms with E-state index < -0.39 is 23.9 Å². The summed E-state index contributed by atoms with van der Waals surface area (Å²) >= 11 is 1.69. The van der Waals surface area contributed by atoms with Gasteiger partial charge in [0.25, 0.3) is 5.95 Å². The Hall–Kier alpha value is -2.84. The number of rotatable bonds is 4. The van der Waals surface area contributed by atoms with Gasteiger partial charge in [-0.2, -0.15) is 23.0 Å². The number of alkyl halides is 3. The van der Waals surface area contributed by atoms with Gasteiger partial charge >= 0.3 is 12.2 Å². The molecule has 9 nitrogen and oxygen atoms in total. The third-order valence-corrected chi connectivity index (χ3v) is 4.34. The van der Waals surface area contributed by atoms with Crippen LogP contribution in [-0.4, -0.2) is 35.7 Å². The number of pyridine rings is 1. The van der Waals surface area contributed by atoms with Crippen molar-refractivity contribution in [3.8, 4) is 5.95 Å². The number of urea groups is 1. The van der Waals surface area contributed by atoms with E-state index in [4.69, 9.17) is 0 Å². The summed E-state index contributed by atoms with van der Waals surface area (Å²) < 4.78 is 39.6. The lowest BCUT2D eigenvalue weighted by Gasteiger charge is -2.15. The summed E-state index contributed by atoms with van der Waals surface area (Å²) in [7, 11) is 0. The van der Waals surface area contributed by atoms with E-state index in [1.165, 1.54) is 23.4 Å². The van der Waals surface area contributed by atoms with E-state index in [-0.39, 0.29) is 15.2 Å². The van der Waals surface area contributed by atoms with Crippen LogP contribution in [0.5, 0.6) is 0 Å². The maximum atomic E-state index is 12.7. The van der Waals surface area contributed by atoms with Crippen molar-refractivity contribution in [3.63, 3.8) is 0 Å². The molecule has 0 radical (unpaired) electrons. The van der Waals surface area contributed by atoms with E-state index in [2.05, 4.69) is 35.7 Å². The van der Waals surface area contributed by atoms with Crippen molar-refractivity contribution < 1.29 is 18.0 Å². The lowest BCUT2D eigenvalue weighted by Crippen LogP contribution is -2.33. The van der Waals surface area contributed by atoms with Crippen molar-refractivity contribution in [2.75, 3.05) is 5.32 Å². The summed E-state index contributed by atoms with van der Waals surface area (Å²) in [5, 5.41) is 9.13. The highest BCUT2D eigenvalue weighted by Gasteiger charge is 2.33. The van der Waals surface area contributed by atoms with Gasteiger partial charge in [0, 0.05) is 16.0 Å². The van der Waals surface area contributed by atoms with E-state index in [1.54, 1.807) is 35.6 Å². The van der Waals surface area contributed by atoms with Gasteiger partial charge in [0.05, 0.1) is 17.9 Å². The van der Waals surface area contributed by atoms with Gasteiger partial charge in [0.2, 0.25) is 0 Å². The zero-order chi connectivity index (χ0) is 20.3. The van der Waals surface area contributed by atoms with E-state index in [9.17, 15) is 18.0 Å². The van der Waals surface area contributed by atoms with Gasteiger partial charge in [-0.05, 0) is 41.6 Å². The van der Waals surface area contributed by atoms with Gasteiger partial charge in [-0.15, -0.1) is 0 Å². The molecule has 3 heterocycles. The highest BCUT2D eigenvalue weighted by atomic mass is 127. The smallest absolute Gasteiger partial charge is 0.328 e. The second-order valence-corrected chi connectivity index (χ2v) is 6.61. The number of hydrogen-bond donors (Lipinski definition) is 2. The predicted octanol–water partition coefficient (Wildman–Crippen LogP) is 2.96. The van der Waals surface area contributed by atoms with Crippen molar-refractivity contribution in [1.82, 2.24) is 35.0 Å². The fourth-order valence-electron chi connectivity index (χ4n) is 2.20. The first-order chi connectivity index (χ1) is 13.3. The molecule has 28 heavy (non-hydrogen) atoms. The zero-order valence-electron chi connectivity index (χ0n) is 14.1. The van der Waals surface area contributed by atoms with E-state index in [0.717, 1.165) is 12.3 Å². The van der Waals surface area contributed by atoms with Crippen LogP contribution in [0, 0.1) is 3.57 Å². The van der Waals surface area contributed by atoms with Crippen molar-refractivity contribution in [1.29, 1.82) is 0 Å². The molecule has 0 spiro atoms. The molecule has 0 unspecified atom stereocenters. The summed E-state index contributed by atoms with van der Waals surface area (Å²) in [5.41, 5.74) is -0.890. The van der Waals surface area contributed by atoms with Gasteiger partial charge in [0.15, 0.2) is 5.82 Å². The number of amides is 2. The van der Waals surface area contributed by atoms with Gasteiger partial charge in [-0.3, -0.25) is 0 Å². The fourth-order valence-corrected chi connectivity index (χ4v) is 2.77. The number of nitrogens with zero attached hydrogens (tertiary/aromatic N) is 6. The van der Waals surface area contributed by atoms with Crippen LogP contribution in [-0.2, 0) is 6.18 Å². The molecule has 0 aliphatic carbocycles. The highest BCUT2D eigenvalue weighted by Crippen LogP contribution is 2.30. The first-order valence-corrected chi connectivity index (χ1v) is 8.81. The Morgan fingerprint density at radius 2 is 1.93 bits per heavy atom. The standard InChI is InChI=1S/C15H12F3IN8O/c1-8(12-23-7-24-27(12)13-20-3-2-4-21-13)25-14(28)26-10-6-22-11(5-9(10)19)15(16,17)18/h2-8H,1H3,(H2,25,26,28)/t8-/m0/s1. The largest absolute Gasteiger partial charge is 0.433 e. The van der Waals surface area contributed by atoms with Crippen LogP contribution in [0.3, 0.4) is 0 Å². The van der Waals surface area contributed by atoms with Crippen LogP contribution in [0.4, 0.5) is 23.7 Å². The minimum atomic E-state index is -4.56. The van der Waals surface area contributed by atoms with Crippen molar-refractivity contribution >= 4 is 34.3 Å². The van der Waals surface area contributed by atoms with E-state index in [0.29, 0.717) is 5.82 Å². The lowest BCUT2D eigenvalue weighted by atomic mass is 10.3. The third-order valence-electron chi connectivity index (χ3n) is 3.44. The van der Waals surface area contributed by atoms with E-state index in [1.807, 2.05) is 0 Å². The Labute approximate surface area is 170 Å². The maximum absolute atomic E-state index is 12.7. The van der Waals surface area contributed by atoms with Gasteiger partial charge in [0.1, 0.15) is 12.0 Å². The van der Waals surface area contributed by atoms with Gasteiger partial charge in [-0.1, -0.05) is 0 Å². The van der Waals surface area contributed by atoms with Crippen LogP contribution in [0.1, 0.15) is 24.5 Å². The summed E-state index contributed by atoms with van der Waals surface area (Å²) in [6, 6.07) is 1.26. The number of carbonyl (C=O) groups excluding carboxylic acids is 1. The van der Waals surface area contributed by atoms with E-state index >= 15 is 0 Å². The molecule has 3 rings (SSSR count). The second kappa shape index (κ2) is 8.04. The molecule has 146 valence electrons. The molecule has 0 fully saturated rings. The number of aromatic nitrogens is 6. The Bertz CT molecular complexity index is 979. The van der Waals surface area contributed by atoms with Crippen molar-refractivity contribution in [3.05, 3.63) is 52.1 Å². The molecule has 0 saturated carbocycles. The molecule has 1 atom stereocenters. The molecule has 0 aliphatic heterocycles. The summed E-state index contributed by atoms with van der Waals surface area (Å²) in [5.74, 6) is 0.659. The fraction of sp³-hybridized carbons (Fsp3) is 0.200. The van der Waals surface area contributed by atoms with Crippen LogP contribution >= 0.6 is 22.6 Å². The molecular weight excluding hydrogens is 492 g/mol. The highest BCUT2D eigenvalue weighted by molar-refractivity contribution is 14.1. The van der Waals surface area contributed by atoms with Gasteiger partial charge in [-0.25, -0.2) is 24.7 Å². The zero-order valence-corrected chi connectivity index (χ0v) is 16.3. The van der Waals surface area contributed by atoms with Crippen LogP contribution in [0.25, 0.3) is 5.95 Å². The number of hydrogen-bond acceptors (Lipinski definition) is 6.